The molecule has 0 bridgehead atoms. The highest BCUT2D eigenvalue weighted by molar-refractivity contribution is 6.80. The first-order valence-corrected chi connectivity index (χ1v) is 15.0. The van der Waals surface area contributed by atoms with Crippen molar-refractivity contribution in [2.75, 3.05) is 6.61 Å². The third-order valence-electron chi connectivity index (χ3n) is 4.15. The van der Waals surface area contributed by atoms with Gasteiger partial charge in [-0.25, -0.2) is 0 Å². The van der Waals surface area contributed by atoms with Crippen molar-refractivity contribution in [2.24, 2.45) is 0 Å². The summed E-state index contributed by atoms with van der Waals surface area (Å²) in [5.74, 6) is 0. The van der Waals surface area contributed by atoms with E-state index < -0.39 is 16.4 Å². The van der Waals surface area contributed by atoms with E-state index in [-0.39, 0.29) is 11.1 Å². The maximum atomic E-state index is 9.88. The molecular formula is C18H38O2Si2. The molecule has 0 rings (SSSR count). The number of hydrogen-bond donors (Lipinski definition) is 1. The van der Waals surface area contributed by atoms with Gasteiger partial charge in [-0.05, 0) is 37.4 Å². The first-order valence-electron chi connectivity index (χ1n) is 8.51. The van der Waals surface area contributed by atoms with Crippen LogP contribution in [0.25, 0.3) is 0 Å². The Hall–Kier alpha value is -0.166. The second kappa shape index (κ2) is 9.21. The molecule has 0 aromatic rings. The second-order valence-electron chi connectivity index (χ2n) is 8.75. The molecule has 0 heterocycles. The average molecular weight is 343 g/mol. The minimum absolute atomic E-state index is 0.287. The van der Waals surface area contributed by atoms with Crippen LogP contribution in [-0.2, 0) is 4.43 Å². The topological polar surface area (TPSA) is 29.5 Å². The van der Waals surface area contributed by atoms with E-state index in [1.807, 2.05) is 6.08 Å². The van der Waals surface area contributed by atoms with Gasteiger partial charge in [-0.2, -0.15) is 0 Å². The Kier molecular flexibility index (Phi) is 9.14. The lowest BCUT2D eigenvalue weighted by Gasteiger charge is -2.36. The third kappa shape index (κ3) is 10.5. The SMILES string of the molecule is CC(C)(C)[Si](C)(C)OCCC/C=C\C[C@H](O)/C=C/[Si](C)(C)C. The highest BCUT2D eigenvalue weighted by Gasteiger charge is 2.36. The Labute approximate surface area is 140 Å². The van der Waals surface area contributed by atoms with Crippen LogP contribution in [0.5, 0.6) is 0 Å². The number of hydrogen-bond acceptors (Lipinski definition) is 2. The fraction of sp³-hybridized carbons (Fsp3) is 0.778. The zero-order valence-corrected chi connectivity index (χ0v) is 18.1. The molecule has 0 unspecified atom stereocenters. The Morgan fingerprint density at radius 2 is 1.64 bits per heavy atom. The summed E-state index contributed by atoms with van der Waals surface area (Å²) in [7, 11) is -2.79. The molecule has 2 nitrogen and oxygen atoms in total. The van der Waals surface area contributed by atoms with Gasteiger partial charge < -0.3 is 9.53 Å². The van der Waals surface area contributed by atoms with Crippen molar-refractivity contribution < 1.29 is 9.53 Å². The van der Waals surface area contributed by atoms with Crippen LogP contribution >= 0.6 is 0 Å². The van der Waals surface area contributed by atoms with Gasteiger partial charge in [-0.3, -0.25) is 0 Å². The van der Waals surface area contributed by atoms with Gasteiger partial charge in [0.05, 0.1) is 14.2 Å². The monoisotopic (exact) mass is 342 g/mol. The molecule has 0 amide bonds. The highest BCUT2D eigenvalue weighted by atomic mass is 28.4. The Balaban J connectivity index is 3.87. The molecule has 0 aliphatic rings. The standard InChI is InChI=1S/C18H38O2Si2/c1-18(2,3)22(7,8)20-15-12-10-9-11-13-17(19)14-16-21(4,5)6/h9,11,14,16-17,19H,10,12-13,15H2,1-8H3/b11-9-,16-14+/t17-/m0/s1. The summed E-state index contributed by atoms with van der Waals surface area (Å²) in [6.07, 6.45) is 8.67. The fourth-order valence-corrected chi connectivity index (χ4v) is 3.46. The molecule has 0 aliphatic carbocycles. The summed E-state index contributed by atoms with van der Waals surface area (Å²) in [5.41, 5.74) is 2.21. The molecule has 0 saturated carbocycles. The van der Waals surface area contributed by atoms with Crippen molar-refractivity contribution in [3.63, 3.8) is 0 Å². The average Bonchev–Trinajstić information content (AvgIpc) is 2.32. The van der Waals surface area contributed by atoms with Crippen LogP contribution in [0.4, 0.5) is 0 Å². The van der Waals surface area contributed by atoms with Gasteiger partial charge >= 0.3 is 0 Å². The lowest BCUT2D eigenvalue weighted by molar-refractivity contribution is 0.227. The molecule has 0 fully saturated rings. The van der Waals surface area contributed by atoms with E-state index in [1.54, 1.807) is 0 Å². The van der Waals surface area contributed by atoms with Crippen molar-refractivity contribution in [1.29, 1.82) is 0 Å². The largest absolute Gasteiger partial charge is 0.417 e. The van der Waals surface area contributed by atoms with E-state index >= 15 is 0 Å². The van der Waals surface area contributed by atoms with Crippen LogP contribution in [0.1, 0.15) is 40.0 Å². The Morgan fingerprint density at radius 3 is 2.14 bits per heavy atom. The van der Waals surface area contributed by atoms with Gasteiger partial charge in [0.2, 0.25) is 0 Å². The van der Waals surface area contributed by atoms with Crippen LogP contribution in [-0.4, -0.2) is 34.2 Å². The summed E-state index contributed by atoms with van der Waals surface area (Å²) >= 11 is 0. The number of unbranched alkanes of at least 4 members (excludes halogenated alkanes) is 1. The molecule has 0 saturated heterocycles. The van der Waals surface area contributed by atoms with Crippen LogP contribution < -0.4 is 0 Å². The molecule has 130 valence electrons. The van der Waals surface area contributed by atoms with E-state index in [0.717, 1.165) is 19.4 Å². The molecule has 0 spiro atoms. The quantitative estimate of drug-likeness (QED) is 0.339. The number of allylic oxidation sites excluding steroid dienone is 1. The van der Waals surface area contributed by atoms with Gasteiger partial charge in [0.25, 0.3) is 0 Å². The van der Waals surface area contributed by atoms with Crippen molar-refractivity contribution in [3.8, 4) is 0 Å². The van der Waals surface area contributed by atoms with E-state index in [2.05, 4.69) is 71.4 Å². The zero-order valence-electron chi connectivity index (χ0n) is 16.1. The maximum Gasteiger partial charge on any atom is 0.191 e. The first-order chi connectivity index (χ1) is 9.85. The lowest BCUT2D eigenvalue weighted by atomic mass is 10.2. The normalized spacial score (nSPS) is 15.9. The zero-order chi connectivity index (χ0) is 17.4. The first kappa shape index (κ1) is 21.8. The predicted octanol–water partition coefficient (Wildman–Crippen LogP) is 5.53. The summed E-state index contributed by atoms with van der Waals surface area (Å²) in [5, 5.41) is 10.2. The minimum Gasteiger partial charge on any atom is -0.417 e. The summed E-state index contributed by atoms with van der Waals surface area (Å²) < 4.78 is 6.15. The summed E-state index contributed by atoms with van der Waals surface area (Å²) in [6, 6.07) is 0. The van der Waals surface area contributed by atoms with Crippen molar-refractivity contribution in [2.45, 2.75) is 83.9 Å². The van der Waals surface area contributed by atoms with Crippen molar-refractivity contribution >= 4 is 16.4 Å². The van der Waals surface area contributed by atoms with Crippen LogP contribution in [0, 0.1) is 0 Å². The van der Waals surface area contributed by atoms with E-state index in [9.17, 15) is 5.11 Å². The molecule has 1 N–H and O–H groups in total. The van der Waals surface area contributed by atoms with Crippen LogP contribution in [0.3, 0.4) is 0 Å². The van der Waals surface area contributed by atoms with Gasteiger partial charge in [0, 0.05) is 6.61 Å². The summed E-state index contributed by atoms with van der Waals surface area (Å²) in [6.45, 7) is 19.1. The van der Waals surface area contributed by atoms with E-state index in [0.29, 0.717) is 6.42 Å². The van der Waals surface area contributed by atoms with Crippen molar-refractivity contribution in [1.82, 2.24) is 0 Å². The van der Waals surface area contributed by atoms with Crippen LogP contribution in [0.2, 0.25) is 37.8 Å². The van der Waals surface area contributed by atoms with Gasteiger partial charge in [-0.1, -0.05) is 64.3 Å². The smallest absolute Gasteiger partial charge is 0.191 e. The molecule has 0 aromatic carbocycles. The Morgan fingerprint density at radius 1 is 1.05 bits per heavy atom. The number of aliphatic hydroxyl groups excluding tert-OH is 1. The molecule has 0 radical (unpaired) electrons. The third-order valence-corrected chi connectivity index (χ3v) is 9.88. The van der Waals surface area contributed by atoms with E-state index in [4.69, 9.17) is 4.43 Å². The summed E-state index contributed by atoms with van der Waals surface area (Å²) in [4.78, 5) is 0. The van der Waals surface area contributed by atoms with Crippen LogP contribution in [0.15, 0.2) is 23.9 Å². The van der Waals surface area contributed by atoms with E-state index in [1.165, 1.54) is 0 Å². The number of aliphatic hydroxyl groups is 1. The predicted molar refractivity (Wildman–Crippen MR) is 105 cm³/mol. The van der Waals surface area contributed by atoms with Gasteiger partial charge in [-0.15, -0.1) is 0 Å². The number of rotatable bonds is 9. The highest BCUT2D eigenvalue weighted by Crippen LogP contribution is 2.36. The minimum atomic E-state index is -1.59. The lowest BCUT2D eigenvalue weighted by Crippen LogP contribution is -2.40. The molecule has 22 heavy (non-hydrogen) atoms. The maximum absolute atomic E-state index is 9.88. The molecule has 0 aliphatic heterocycles. The van der Waals surface area contributed by atoms with Crippen molar-refractivity contribution in [3.05, 3.63) is 23.9 Å². The van der Waals surface area contributed by atoms with Gasteiger partial charge in [0.15, 0.2) is 8.32 Å². The molecule has 4 heteroatoms. The molecular weight excluding hydrogens is 304 g/mol. The van der Waals surface area contributed by atoms with Gasteiger partial charge in [0.1, 0.15) is 0 Å². The molecule has 0 aromatic heterocycles. The second-order valence-corrected chi connectivity index (χ2v) is 18.6. The molecule has 1 atom stereocenters. The Bertz CT molecular complexity index is 360. The fourth-order valence-electron chi connectivity index (χ4n) is 1.58.